The van der Waals surface area contributed by atoms with E-state index >= 15 is 0 Å². The lowest BCUT2D eigenvalue weighted by atomic mass is 9.87. The molecule has 17 heavy (non-hydrogen) atoms. The third-order valence-corrected chi connectivity index (χ3v) is 3.88. The van der Waals surface area contributed by atoms with E-state index in [2.05, 4.69) is 54.4 Å². The van der Waals surface area contributed by atoms with Crippen LogP contribution in [0, 0.1) is 0 Å². The molecule has 0 fully saturated rings. The van der Waals surface area contributed by atoms with Crippen molar-refractivity contribution in [2.24, 2.45) is 0 Å². The van der Waals surface area contributed by atoms with Crippen molar-refractivity contribution in [3.05, 3.63) is 29.8 Å². The molecule has 0 atom stereocenters. The van der Waals surface area contributed by atoms with Gasteiger partial charge in [-0.15, -0.1) is 0 Å². The molecule has 1 aromatic carbocycles. The monoisotopic (exact) mass is 265 g/mol. The van der Waals surface area contributed by atoms with Gasteiger partial charge in [0.2, 0.25) is 10.3 Å². The van der Waals surface area contributed by atoms with Crippen LogP contribution < -0.4 is 5.73 Å². The smallest absolute Gasteiger partial charge is 0.206 e. The molecular formula is C12H15N3S2. The van der Waals surface area contributed by atoms with Crippen molar-refractivity contribution < 1.29 is 0 Å². The minimum atomic E-state index is 0.187. The zero-order chi connectivity index (χ0) is 12.5. The SMILES string of the molecule is CC(C)(C)c1ccc(Sc2nsc(N)n2)cc1. The summed E-state index contributed by atoms with van der Waals surface area (Å²) >= 11 is 2.76. The Morgan fingerprint density at radius 3 is 2.29 bits per heavy atom. The Bertz CT molecular complexity index is 497. The first-order chi connectivity index (χ1) is 7.95. The maximum absolute atomic E-state index is 5.55. The van der Waals surface area contributed by atoms with E-state index in [1.807, 2.05) is 0 Å². The lowest BCUT2D eigenvalue weighted by molar-refractivity contribution is 0.590. The molecule has 2 N–H and O–H groups in total. The molecule has 5 heteroatoms. The molecule has 2 rings (SSSR count). The van der Waals surface area contributed by atoms with Gasteiger partial charge < -0.3 is 5.73 Å². The number of rotatable bonds is 2. The zero-order valence-electron chi connectivity index (χ0n) is 10.1. The predicted octanol–water partition coefficient (Wildman–Crippen LogP) is 3.57. The van der Waals surface area contributed by atoms with Crippen molar-refractivity contribution in [3.63, 3.8) is 0 Å². The van der Waals surface area contributed by atoms with Gasteiger partial charge in [-0.2, -0.15) is 9.36 Å². The van der Waals surface area contributed by atoms with E-state index in [4.69, 9.17) is 5.73 Å². The molecule has 0 aliphatic rings. The largest absolute Gasteiger partial charge is 0.374 e. The summed E-state index contributed by atoms with van der Waals surface area (Å²) < 4.78 is 4.15. The topological polar surface area (TPSA) is 51.8 Å². The van der Waals surface area contributed by atoms with Crippen molar-refractivity contribution in [2.45, 2.75) is 36.2 Å². The van der Waals surface area contributed by atoms with Crippen LogP contribution in [0.4, 0.5) is 5.13 Å². The number of anilines is 1. The summed E-state index contributed by atoms with van der Waals surface area (Å²) in [6.07, 6.45) is 0. The molecule has 0 bridgehead atoms. The molecule has 3 nitrogen and oxygen atoms in total. The van der Waals surface area contributed by atoms with Crippen LogP contribution in [0.3, 0.4) is 0 Å². The van der Waals surface area contributed by atoms with Crippen LogP contribution in [-0.2, 0) is 5.41 Å². The van der Waals surface area contributed by atoms with Crippen LogP contribution >= 0.6 is 23.3 Å². The molecule has 0 radical (unpaired) electrons. The summed E-state index contributed by atoms with van der Waals surface area (Å²) in [5.41, 5.74) is 7.06. The number of benzene rings is 1. The highest BCUT2D eigenvalue weighted by atomic mass is 32.2. The second-order valence-electron chi connectivity index (χ2n) is 4.79. The molecule has 0 amide bonds. The average molecular weight is 265 g/mol. The molecule has 0 aliphatic carbocycles. The molecule has 0 aliphatic heterocycles. The summed E-state index contributed by atoms with van der Waals surface area (Å²) in [6, 6.07) is 8.50. The van der Waals surface area contributed by atoms with E-state index in [0.717, 1.165) is 10.1 Å². The Kier molecular flexibility index (Phi) is 3.40. The Labute approximate surface area is 110 Å². The number of aromatic nitrogens is 2. The van der Waals surface area contributed by atoms with E-state index in [1.54, 1.807) is 0 Å². The first-order valence-electron chi connectivity index (χ1n) is 5.33. The quantitative estimate of drug-likeness (QED) is 0.902. The minimum absolute atomic E-state index is 0.187. The van der Waals surface area contributed by atoms with Crippen LogP contribution in [0.2, 0.25) is 0 Å². The number of nitrogen functional groups attached to an aromatic ring is 1. The van der Waals surface area contributed by atoms with Gasteiger partial charge in [0.25, 0.3) is 0 Å². The first-order valence-corrected chi connectivity index (χ1v) is 6.92. The number of nitrogens with two attached hydrogens (primary N) is 1. The summed E-state index contributed by atoms with van der Waals surface area (Å²) in [5, 5.41) is 1.23. The molecule has 0 saturated carbocycles. The zero-order valence-corrected chi connectivity index (χ0v) is 11.7. The fraction of sp³-hybridized carbons (Fsp3) is 0.333. The standard InChI is InChI=1S/C12H15N3S2/c1-12(2,3)8-4-6-9(7-5-8)16-11-14-10(13)17-15-11/h4-7H,1-3H3,(H2,13,14,15). The second kappa shape index (κ2) is 4.66. The van der Waals surface area contributed by atoms with Gasteiger partial charge in [0.1, 0.15) is 0 Å². The normalized spacial score (nSPS) is 11.7. The maximum Gasteiger partial charge on any atom is 0.206 e. The van der Waals surface area contributed by atoms with Gasteiger partial charge in [0.15, 0.2) is 0 Å². The molecule has 0 unspecified atom stereocenters. The van der Waals surface area contributed by atoms with Crippen molar-refractivity contribution in [1.29, 1.82) is 0 Å². The first kappa shape index (κ1) is 12.4. The number of hydrogen-bond acceptors (Lipinski definition) is 5. The van der Waals surface area contributed by atoms with Gasteiger partial charge in [0.05, 0.1) is 0 Å². The minimum Gasteiger partial charge on any atom is -0.374 e. The Hall–Kier alpha value is -1.07. The predicted molar refractivity (Wildman–Crippen MR) is 73.6 cm³/mol. The van der Waals surface area contributed by atoms with E-state index in [1.165, 1.54) is 28.9 Å². The third kappa shape index (κ3) is 3.20. The van der Waals surface area contributed by atoms with E-state index in [-0.39, 0.29) is 5.41 Å². The molecule has 90 valence electrons. The van der Waals surface area contributed by atoms with Crippen LogP contribution in [0.5, 0.6) is 0 Å². The van der Waals surface area contributed by atoms with Gasteiger partial charge in [-0.1, -0.05) is 32.9 Å². The van der Waals surface area contributed by atoms with E-state index < -0.39 is 0 Å². The molecule has 1 heterocycles. The van der Waals surface area contributed by atoms with Gasteiger partial charge >= 0.3 is 0 Å². The van der Waals surface area contributed by atoms with Crippen LogP contribution in [0.1, 0.15) is 26.3 Å². The van der Waals surface area contributed by atoms with Crippen LogP contribution in [-0.4, -0.2) is 9.36 Å². The molecular weight excluding hydrogens is 250 g/mol. The highest BCUT2D eigenvalue weighted by molar-refractivity contribution is 7.99. The average Bonchev–Trinajstić information content (AvgIpc) is 2.63. The summed E-state index contributed by atoms with van der Waals surface area (Å²) in [7, 11) is 0. The number of hydrogen-bond donors (Lipinski definition) is 1. The Morgan fingerprint density at radius 1 is 1.18 bits per heavy atom. The fourth-order valence-electron chi connectivity index (χ4n) is 1.39. The van der Waals surface area contributed by atoms with Crippen molar-refractivity contribution in [2.75, 3.05) is 5.73 Å². The Morgan fingerprint density at radius 2 is 1.82 bits per heavy atom. The van der Waals surface area contributed by atoms with Gasteiger partial charge in [-0.3, -0.25) is 0 Å². The second-order valence-corrected chi connectivity index (χ2v) is 6.62. The van der Waals surface area contributed by atoms with Gasteiger partial charge in [-0.25, -0.2) is 0 Å². The van der Waals surface area contributed by atoms with Crippen molar-refractivity contribution in [1.82, 2.24) is 9.36 Å². The van der Waals surface area contributed by atoms with Crippen molar-refractivity contribution >= 4 is 28.4 Å². The maximum atomic E-state index is 5.55. The molecule has 2 aromatic rings. The highest BCUT2D eigenvalue weighted by Crippen LogP contribution is 2.29. The van der Waals surface area contributed by atoms with Crippen LogP contribution in [0.15, 0.2) is 34.3 Å². The fourth-order valence-corrected chi connectivity index (χ4v) is 2.68. The summed E-state index contributed by atoms with van der Waals surface area (Å²) in [4.78, 5) is 5.26. The third-order valence-electron chi connectivity index (χ3n) is 2.35. The summed E-state index contributed by atoms with van der Waals surface area (Å²) in [5.74, 6) is 0. The highest BCUT2D eigenvalue weighted by Gasteiger charge is 2.13. The lowest BCUT2D eigenvalue weighted by Gasteiger charge is -2.18. The molecule has 0 spiro atoms. The summed E-state index contributed by atoms with van der Waals surface area (Å²) in [6.45, 7) is 6.62. The van der Waals surface area contributed by atoms with E-state index in [0.29, 0.717) is 5.13 Å². The van der Waals surface area contributed by atoms with Crippen molar-refractivity contribution in [3.8, 4) is 0 Å². The molecule has 1 aromatic heterocycles. The van der Waals surface area contributed by atoms with Crippen LogP contribution in [0.25, 0.3) is 0 Å². The van der Waals surface area contributed by atoms with Gasteiger partial charge in [-0.05, 0) is 34.9 Å². The number of nitrogens with zero attached hydrogens (tertiary/aromatic N) is 2. The lowest BCUT2D eigenvalue weighted by Crippen LogP contribution is -2.10. The van der Waals surface area contributed by atoms with Gasteiger partial charge in [0, 0.05) is 16.4 Å². The van der Waals surface area contributed by atoms with E-state index in [9.17, 15) is 0 Å². The molecule has 0 saturated heterocycles. The Balaban J connectivity index is 2.13.